The molecule has 0 fully saturated rings. The number of phosphoric acid groups is 1. The van der Waals surface area contributed by atoms with Gasteiger partial charge in [-0.25, -0.2) is 4.57 Å². The second kappa shape index (κ2) is 24.7. The van der Waals surface area contributed by atoms with Gasteiger partial charge in [-0.1, -0.05) is 84.0 Å². The maximum atomic E-state index is 11.0. The Bertz CT molecular complexity index is 327. The third kappa shape index (κ3) is 31.5. The quantitative estimate of drug-likeness (QED) is 0.247. The summed E-state index contributed by atoms with van der Waals surface area (Å²) in [5.74, 6) is -0.809. The van der Waals surface area contributed by atoms with E-state index in [2.05, 4.69) is 11.4 Å². The molecule has 0 aliphatic carbocycles. The molecule has 0 aliphatic rings. The van der Waals surface area contributed by atoms with Gasteiger partial charge in [0, 0.05) is 6.42 Å². The van der Waals surface area contributed by atoms with Crippen LogP contribution < -0.4 is 0 Å². The van der Waals surface area contributed by atoms with Crippen LogP contribution in [-0.4, -0.2) is 104 Å². The molecule has 0 aromatic heterocycles. The van der Waals surface area contributed by atoms with E-state index in [-0.39, 0.29) is 95.1 Å². The number of carbonyl (C=O) groups excluding carboxylic acids is 1. The molecule has 0 heterocycles. The van der Waals surface area contributed by atoms with Gasteiger partial charge < -0.3 is 4.52 Å². The molecule has 0 saturated heterocycles. The molecule has 0 bridgehead atoms. The zero-order valence-corrected chi connectivity index (χ0v) is 14.9. The van der Waals surface area contributed by atoms with Crippen molar-refractivity contribution in [3.63, 3.8) is 0 Å². The van der Waals surface area contributed by atoms with Crippen LogP contribution in [0, 0.1) is 0 Å². The van der Waals surface area contributed by atoms with E-state index in [4.69, 9.17) is 9.79 Å². The van der Waals surface area contributed by atoms with Gasteiger partial charge in [0.1, 0.15) is 0 Å². The summed E-state index contributed by atoms with van der Waals surface area (Å²) < 4.78 is 14.4. The molecule has 0 aromatic carbocycles. The molecule has 0 aliphatic heterocycles. The van der Waals surface area contributed by atoms with Crippen molar-refractivity contribution in [3.8, 4) is 0 Å². The molecular weight excluding hydrogens is 372 g/mol. The average molecular weight is 408 g/mol. The summed E-state index contributed by atoms with van der Waals surface area (Å²) in [6.07, 6.45) is 15.8. The number of hydrogen-bond acceptors (Lipinski definition) is 3. The van der Waals surface area contributed by atoms with Gasteiger partial charge in [-0.15, -0.1) is 0 Å². The predicted octanol–water partition coefficient (Wildman–Crippen LogP) is 3.16. The van der Waals surface area contributed by atoms with Crippen LogP contribution in [0.2, 0.25) is 0 Å². The summed E-state index contributed by atoms with van der Waals surface area (Å²) in [5.41, 5.74) is 0. The minimum absolute atomic E-state index is 0. The summed E-state index contributed by atoms with van der Waals surface area (Å²) in [4.78, 5) is 28.0. The summed E-state index contributed by atoms with van der Waals surface area (Å²) in [6, 6.07) is 0. The van der Waals surface area contributed by atoms with E-state index in [1.807, 2.05) is 0 Å². The molecule has 0 unspecified atom stereocenters. The molecule has 0 saturated carbocycles. The first kappa shape index (κ1) is 35.1. The number of unbranched alkanes of at least 4 members (excludes halogenated alkanes) is 12. The van der Waals surface area contributed by atoms with Crippen LogP contribution in [0.25, 0.3) is 0 Å². The molecule has 9 heteroatoms. The Kier molecular flexibility index (Phi) is 34.6. The van der Waals surface area contributed by atoms with Gasteiger partial charge in [-0.3, -0.25) is 14.6 Å². The van der Waals surface area contributed by atoms with E-state index in [1.165, 1.54) is 64.2 Å². The van der Waals surface area contributed by atoms with E-state index in [0.29, 0.717) is 6.42 Å². The van der Waals surface area contributed by atoms with Gasteiger partial charge in [0.15, 0.2) is 0 Å². The molecule has 0 atom stereocenters. The van der Waals surface area contributed by atoms with Crippen LogP contribution in [0.4, 0.5) is 0 Å². The van der Waals surface area contributed by atoms with Crippen LogP contribution in [0.5, 0.6) is 0 Å². The molecule has 0 amide bonds. The van der Waals surface area contributed by atoms with E-state index in [0.717, 1.165) is 12.8 Å². The maximum absolute atomic E-state index is 11.0. The topological polar surface area (TPSA) is 83.8 Å². The number of carbonyl (C=O) groups is 1. The molecular formula is C16H36Na3O5P. The fraction of sp³-hybridized carbons (Fsp3) is 0.938. The minimum atomic E-state index is -4.66. The Labute approximate surface area is 220 Å². The fourth-order valence-electron chi connectivity index (χ4n) is 2.47. The van der Waals surface area contributed by atoms with Crippen LogP contribution >= 0.6 is 7.82 Å². The molecule has 138 valence electrons. The SMILES string of the molecule is CCCCCCCCCCCCCCCC(=O)OP(=O)(O)O.[NaH].[NaH].[NaH]. The van der Waals surface area contributed by atoms with Crippen LogP contribution in [0.15, 0.2) is 0 Å². The van der Waals surface area contributed by atoms with Crippen molar-refractivity contribution in [2.24, 2.45) is 0 Å². The van der Waals surface area contributed by atoms with Gasteiger partial charge in [0.2, 0.25) is 0 Å². The zero-order chi connectivity index (χ0) is 16.7. The van der Waals surface area contributed by atoms with Crippen molar-refractivity contribution in [3.05, 3.63) is 0 Å². The number of rotatable bonds is 15. The summed E-state index contributed by atoms with van der Waals surface area (Å²) in [5, 5.41) is 0. The van der Waals surface area contributed by atoms with Gasteiger partial charge in [0.05, 0.1) is 0 Å². The Balaban J connectivity index is -0.000000735. The summed E-state index contributed by atoms with van der Waals surface area (Å²) in [7, 11) is -4.66. The second-order valence-electron chi connectivity index (χ2n) is 5.95. The number of phosphoric ester groups is 1. The molecule has 0 radical (unpaired) electrons. The third-order valence-corrected chi connectivity index (χ3v) is 4.15. The zero-order valence-electron chi connectivity index (χ0n) is 14.0. The van der Waals surface area contributed by atoms with E-state index in [1.54, 1.807) is 0 Å². The van der Waals surface area contributed by atoms with Crippen molar-refractivity contribution < 1.29 is 23.7 Å². The van der Waals surface area contributed by atoms with Crippen molar-refractivity contribution >= 4 is 102 Å². The Morgan fingerprint density at radius 1 is 0.720 bits per heavy atom. The van der Waals surface area contributed by atoms with E-state index in [9.17, 15) is 9.36 Å². The van der Waals surface area contributed by atoms with Crippen molar-refractivity contribution in [2.45, 2.75) is 96.8 Å². The first-order valence-electron chi connectivity index (χ1n) is 8.73. The Hall–Kier alpha value is 2.62. The molecule has 0 aromatic rings. The first-order chi connectivity index (χ1) is 10.5. The predicted molar refractivity (Wildman–Crippen MR) is 110 cm³/mol. The van der Waals surface area contributed by atoms with Crippen molar-refractivity contribution in [1.29, 1.82) is 0 Å². The van der Waals surface area contributed by atoms with Crippen LogP contribution in [0.3, 0.4) is 0 Å². The molecule has 25 heavy (non-hydrogen) atoms. The molecule has 5 nitrogen and oxygen atoms in total. The monoisotopic (exact) mass is 408 g/mol. The molecule has 2 N–H and O–H groups in total. The van der Waals surface area contributed by atoms with Crippen LogP contribution in [0.1, 0.15) is 96.8 Å². The van der Waals surface area contributed by atoms with Crippen molar-refractivity contribution in [2.75, 3.05) is 0 Å². The van der Waals surface area contributed by atoms with Gasteiger partial charge in [-0.2, -0.15) is 0 Å². The second-order valence-corrected chi connectivity index (χ2v) is 7.11. The third-order valence-electron chi connectivity index (χ3n) is 3.71. The normalized spacial score (nSPS) is 10.2. The van der Waals surface area contributed by atoms with Crippen molar-refractivity contribution in [1.82, 2.24) is 0 Å². The van der Waals surface area contributed by atoms with E-state index < -0.39 is 13.8 Å². The van der Waals surface area contributed by atoms with E-state index >= 15 is 0 Å². The molecule has 0 spiro atoms. The summed E-state index contributed by atoms with van der Waals surface area (Å²) >= 11 is 0. The van der Waals surface area contributed by atoms with Gasteiger partial charge >= 0.3 is 102 Å². The fourth-order valence-corrected chi connectivity index (χ4v) is 2.82. The average Bonchev–Trinajstić information content (AvgIpc) is 2.42. The Morgan fingerprint density at radius 3 is 1.36 bits per heavy atom. The van der Waals surface area contributed by atoms with Gasteiger partial charge in [0.25, 0.3) is 0 Å². The first-order valence-corrected chi connectivity index (χ1v) is 10.3. The Morgan fingerprint density at radius 2 is 1.04 bits per heavy atom. The molecule has 0 rings (SSSR count). The summed E-state index contributed by atoms with van der Waals surface area (Å²) in [6.45, 7) is 2.24. The number of hydrogen-bond donors (Lipinski definition) is 2. The van der Waals surface area contributed by atoms with Gasteiger partial charge in [-0.05, 0) is 6.42 Å². The van der Waals surface area contributed by atoms with Crippen LogP contribution in [-0.2, 0) is 13.9 Å². The standard InChI is InChI=1S/C16H33O5P.3Na.3H/c1-2-3-4-5-6-7-8-9-10-11-12-13-14-15-16(17)21-22(18,19)20;;;;;;/h2-15H2,1H3,(H2,18,19,20);;;;;;.